The van der Waals surface area contributed by atoms with Crippen molar-refractivity contribution < 1.29 is 0 Å². The molecule has 1 fully saturated rings. The molecule has 2 heterocycles. The molecule has 1 atom stereocenters. The van der Waals surface area contributed by atoms with Gasteiger partial charge in [0.25, 0.3) is 5.56 Å². The van der Waals surface area contributed by atoms with Crippen molar-refractivity contribution in [1.29, 1.82) is 0 Å². The number of H-pyrrole nitrogens is 1. The van der Waals surface area contributed by atoms with Gasteiger partial charge in [-0.3, -0.25) is 9.78 Å². The number of benzene rings is 1. The largest absolute Gasteiger partial charge is 0.341 e. The monoisotopic (exact) mass is 270 g/mol. The summed E-state index contributed by atoms with van der Waals surface area (Å²) in [6, 6.07) is 11.4. The summed E-state index contributed by atoms with van der Waals surface area (Å²) >= 11 is 0. The van der Waals surface area contributed by atoms with Crippen molar-refractivity contribution >= 4 is 5.95 Å². The van der Waals surface area contributed by atoms with E-state index in [2.05, 4.69) is 14.9 Å². The molecule has 0 aliphatic carbocycles. The minimum atomic E-state index is -0.131. The Labute approximate surface area is 117 Å². The van der Waals surface area contributed by atoms with Crippen LogP contribution >= 0.6 is 0 Å². The lowest BCUT2D eigenvalue weighted by atomic mass is 10.1. The van der Waals surface area contributed by atoms with E-state index in [0.29, 0.717) is 11.6 Å². The van der Waals surface area contributed by atoms with Gasteiger partial charge in [-0.05, 0) is 12.8 Å². The van der Waals surface area contributed by atoms with Crippen LogP contribution in [0.5, 0.6) is 0 Å². The molecule has 2 aromatic rings. The quantitative estimate of drug-likeness (QED) is 0.864. The molecule has 5 nitrogen and oxygen atoms in total. The maximum atomic E-state index is 11.9. The molecule has 1 aromatic heterocycles. The van der Waals surface area contributed by atoms with E-state index in [1.807, 2.05) is 30.3 Å². The highest BCUT2D eigenvalue weighted by Crippen LogP contribution is 2.19. The molecule has 0 spiro atoms. The van der Waals surface area contributed by atoms with Crippen LogP contribution in [-0.4, -0.2) is 29.1 Å². The Hall–Kier alpha value is -2.14. The highest BCUT2D eigenvalue weighted by molar-refractivity contribution is 5.59. The van der Waals surface area contributed by atoms with E-state index in [-0.39, 0.29) is 11.6 Å². The third-order valence-corrected chi connectivity index (χ3v) is 3.56. The second-order valence-electron chi connectivity index (χ2n) is 5.17. The van der Waals surface area contributed by atoms with Crippen LogP contribution in [0.1, 0.15) is 12.8 Å². The fraction of sp³-hybridized carbons (Fsp3) is 0.333. The maximum absolute atomic E-state index is 11.9. The van der Waals surface area contributed by atoms with Gasteiger partial charge < -0.3 is 10.6 Å². The molecule has 1 unspecified atom stereocenters. The first-order chi connectivity index (χ1) is 9.72. The topological polar surface area (TPSA) is 75.0 Å². The number of rotatable bonds is 2. The van der Waals surface area contributed by atoms with Crippen molar-refractivity contribution in [3.63, 3.8) is 0 Å². The molecule has 0 radical (unpaired) electrons. The zero-order valence-electron chi connectivity index (χ0n) is 11.2. The summed E-state index contributed by atoms with van der Waals surface area (Å²) < 4.78 is 0. The Morgan fingerprint density at radius 3 is 2.85 bits per heavy atom. The van der Waals surface area contributed by atoms with Gasteiger partial charge in [-0.1, -0.05) is 30.3 Å². The summed E-state index contributed by atoms with van der Waals surface area (Å²) in [5, 5.41) is 0. The SMILES string of the molecule is NC1CCCN(c2nc(-c3ccccc3)cc(=O)[nH]2)C1. The van der Waals surface area contributed by atoms with Crippen LogP contribution in [0.25, 0.3) is 11.3 Å². The zero-order chi connectivity index (χ0) is 13.9. The summed E-state index contributed by atoms with van der Waals surface area (Å²) in [6.07, 6.45) is 2.06. The fourth-order valence-electron chi connectivity index (χ4n) is 2.55. The maximum Gasteiger partial charge on any atom is 0.252 e. The zero-order valence-corrected chi connectivity index (χ0v) is 11.2. The molecule has 3 rings (SSSR count). The van der Waals surface area contributed by atoms with Gasteiger partial charge in [0.05, 0.1) is 5.69 Å². The van der Waals surface area contributed by atoms with Gasteiger partial charge in [0.1, 0.15) is 0 Å². The molecule has 3 N–H and O–H groups in total. The Morgan fingerprint density at radius 2 is 2.10 bits per heavy atom. The third kappa shape index (κ3) is 2.72. The third-order valence-electron chi connectivity index (χ3n) is 3.56. The normalized spacial score (nSPS) is 19.1. The predicted octanol–water partition coefficient (Wildman–Crippen LogP) is 1.36. The molecular weight excluding hydrogens is 252 g/mol. The summed E-state index contributed by atoms with van der Waals surface area (Å²) in [5.41, 5.74) is 7.50. The second kappa shape index (κ2) is 5.46. The summed E-state index contributed by atoms with van der Waals surface area (Å²) in [7, 11) is 0. The lowest BCUT2D eigenvalue weighted by Crippen LogP contribution is -2.44. The molecule has 20 heavy (non-hydrogen) atoms. The predicted molar refractivity (Wildman–Crippen MR) is 79.7 cm³/mol. The van der Waals surface area contributed by atoms with E-state index in [1.165, 1.54) is 6.07 Å². The molecule has 0 saturated carbocycles. The van der Waals surface area contributed by atoms with Crippen LogP contribution in [0.2, 0.25) is 0 Å². The number of nitrogens with one attached hydrogen (secondary N) is 1. The van der Waals surface area contributed by atoms with Crippen molar-refractivity contribution in [2.24, 2.45) is 5.73 Å². The molecule has 1 aliphatic rings. The number of hydrogen-bond acceptors (Lipinski definition) is 4. The molecule has 104 valence electrons. The van der Waals surface area contributed by atoms with Crippen LogP contribution in [0.15, 0.2) is 41.2 Å². The number of piperidine rings is 1. The van der Waals surface area contributed by atoms with Gasteiger partial charge in [0.15, 0.2) is 0 Å². The van der Waals surface area contributed by atoms with Gasteiger partial charge in [-0.15, -0.1) is 0 Å². The number of nitrogens with zero attached hydrogens (tertiary/aromatic N) is 2. The first kappa shape index (κ1) is 12.9. The molecule has 1 saturated heterocycles. The van der Waals surface area contributed by atoms with Crippen LogP contribution < -0.4 is 16.2 Å². The van der Waals surface area contributed by atoms with Crippen molar-refractivity contribution in [2.45, 2.75) is 18.9 Å². The van der Waals surface area contributed by atoms with Gasteiger partial charge in [-0.2, -0.15) is 0 Å². The second-order valence-corrected chi connectivity index (χ2v) is 5.17. The molecule has 5 heteroatoms. The first-order valence-electron chi connectivity index (χ1n) is 6.90. The van der Waals surface area contributed by atoms with Gasteiger partial charge in [0, 0.05) is 30.8 Å². The van der Waals surface area contributed by atoms with Crippen molar-refractivity contribution in [2.75, 3.05) is 18.0 Å². The van der Waals surface area contributed by atoms with Crippen LogP contribution in [0, 0.1) is 0 Å². The van der Waals surface area contributed by atoms with Crippen LogP contribution in [-0.2, 0) is 0 Å². The van der Waals surface area contributed by atoms with Crippen LogP contribution in [0.3, 0.4) is 0 Å². The van der Waals surface area contributed by atoms with Gasteiger partial charge in [-0.25, -0.2) is 4.98 Å². The number of nitrogens with two attached hydrogens (primary N) is 1. The Balaban J connectivity index is 1.97. The standard InChI is InChI=1S/C15H18N4O/c16-12-7-4-8-19(10-12)15-17-13(9-14(20)18-15)11-5-2-1-3-6-11/h1-3,5-6,9,12H,4,7-8,10,16H2,(H,17,18,20). The van der Waals surface area contributed by atoms with Crippen LogP contribution in [0.4, 0.5) is 5.95 Å². The molecular formula is C15H18N4O. The Kier molecular flexibility index (Phi) is 3.52. The van der Waals surface area contributed by atoms with E-state index >= 15 is 0 Å². The summed E-state index contributed by atoms with van der Waals surface area (Å²) in [6.45, 7) is 1.62. The van der Waals surface area contributed by atoms with E-state index in [1.54, 1.807) is 0 Å². The summed E-state index contributed by atoms with van der Waals surface area (Å²) in [5.74, 6) is 0.617. The minimum Gasteiger partial charge on any atom is -0.341 e. The van der Waals surface area contributed by atoms with Crippen molar-refractivity contribution in [1.82, 2.24) is 9.97 Å². The molecule has 0 bridgehead atoms. The van der Waals surface area contributed by atoms with Gasteiger partial charge in [0.2, 0.25) is 5.95 Å². The Bertz CT molecular complexity index is 638. The highest BCUT2D eigenvalue weighted by Gasteiger charge is 2.19. The lowest BCUT2D eigenvalue weighted by Gasteiger charge is -2.31. The lowest BCUT2D eigenvalue weighted by molar-refractivity contribution is 0.499. The molecule has 0 amide bonds. The first-order valence-corrected chi connectivity index (χ1v) is 6.90. The van der Waals surface area contributed by atoms with Crippen molar-refractivity contribution in [3.8, 4) is 11.3 Å². The van der Waals surface area contributed by atoms with E-state index in [0.717, 1.165) is 31.5 Å². The van der Waals surface area contributed by atoms with E-state index in [9.17, 15) is 4.79 Å². The highest BCUT2D eigenvalue weighted by atomic mass is 16.1. The van der Waals surface area contributed by atoms with E-state index in [4.69, 9.17) is 5.73 Å². The number of aromatic nitrogens is 2. The fourth-order valence-corrected chi connectivity index (χ4v) is 2.55. The number of aromatic amines is 1. The summed E-state index contributed by atoms with van der Waals surface area (Å²) in [4.78, 5) is 21.3. The van der Waals surface area contributed by atoms with Gasteiger partial charge >= 0.3 is 0 Å². The number of hydrogen-bond donors (Lipinski definition) is 2. The molecule has 1 aliphatic heterocycles. The average molecular weight is 270 g/mol. The average Bonchev–Trinajstić information content (AvgIpc) is 2.47. The Morgan fingerprint density at radius 1 is 1.30 bits per heavy atom. The number of anilines is 1. The van der Waals surface area contributed by atoms with E-state index < -0.39 is 0 Å². The minimum absolute atomic E-state index is 0.131. The molecule has 1 aromatic carbocycles. The smallest absolute Gasteiger partial charge is 0.252 e. The van der Waals surface area contributed by atoms with Crippen molar-refractivity contribution in [3.05, 3.63) is 46.8 Å².